The van der Waals surface area contributed by atoms with E-state index in [-0.39, 0.29) is 5.75 Å². The Labute approximate surface area is 67.6 Å². The first-order valence-electron chi connectivity index (χ1n) is 3.41. The molecule has 1 aliphatic heterocycles. The molecule has 1 atom stereocenters. The molecule has 11 heavy (non-hydrogen) atoms. The van der Waals surface area contributed by atoms with Gasteiger partial charge in [-0.25, -0.2) is 0 Å². The Bertz CT molecular complexity index is 171. The summed E-state index contributed by atoms with van der Waals surface area (Å²) >= 11 is 0. The van der Waals surface area contributed by atoms with E-state index in [0.717, 1.165) is 13.7 Å². The van der Waals surface area contributed by atoms with Crippen LogP contribution in [0.5, 0.6) is 0 Å². The molecular formula is C6H14O4S. The van der Waals surface area contributed by atoms with E-state index in [2.05, 4.69) is 11.1 Å². The molecule has 68 valence electrons. The van der Waals surface area contributed by atoms with Crippen molar-refractivity contribution >= 4 is 10.1 Å². The fourth-order valence-electron chi connectivity index (χ4n) is 0.214. The van der Waals surface area contributed by atoms with E-state index in [1.165, 1.54) is 6.92 Å². The maximum absolute atomic E-state index is 10.1. The van der Waals surface area contributed by atoms with Gasteiger partial charge in [0.1, 0.15) is 0 Å². The minimum atomic E-state index is -3.16. The summed E-state index contributed by atoms with van der Waals surface area (Å²) in [7, 11) is -2.01. The van der Waals surface area contributed by atoms with Crippen LogP contribution in [0.1, 0.15) is 13.8 Å². The molecule has 0 aromatic heterocycles. The zero-order valence-electron chi connectivity index (χ0n) is 7.03. The topological polar surface area (TPSA) is 55.9 Å². The van der Waals surface area contributed by atoms with E-state index in [1.54, 1.807) is 0 Å². The first-order chi connectivity index (χ1) is 5.02. The summed E-state index contributed by atoms with van der Waals surface area (Å²) in [5.74, 6) is 0.0451. The second kappa shape index (κ2) is 4.69. The molecule has 0 spiro atoms. The van der Waals surface area contributed by atoms with Crippen molar-refractivity contribution in [2.24, 2.45) is 0 Å². The van der Waals surface area contributed by atoms with Crippen LogP contribution in [0, 0.1) is 0 Å². The molecule has 0 aromatic rings. The molecule has 0 aliphatic carbocycles. The van der Waals surface area contributed by atoms with Gasteiger partial charge in [0.15, 0.2) is 0 Å². The zero-order valence-corrected chi connectivity index (χ0v) is 7.85. The Morgan fingerprint density at radius 2 is 2.00 bits per heavy atom. The number of hydrogen-bond donors (Lipinski definition) is 0. The van der Waals surface area contributed by atoms with Gasteiger partial charge in [-0.05, 0) is 13.8 Å². The number of ether oxygens (including phenoxy) is 1. The molecule has 5 heteroatoms. The summed E-state index contributed by atoms with van der Waals surface area (Å²) in [5.41, 5.74) is 0. The van der Waals surface area contributed by atoms with Crippen LogP contribution in [-0.2, 0) is 19.0 Å². The van der Waals surface area contributed by atoms with E-state index in [9.17, 15) is 8.42 Å². The van der Waals surface area contributed by atoms with Crippen molar-refractivity contribution in [2.75, 3.05) is 19.5 Å². The van der Waals surface area contributed by atoms with Crippen molar-refractivity contribution in [1.82, 2.24) is 0 Å². The third-order valence-corrected chi connectivity index (χ3v) is 2.32. The number of epoxide rings is 1. The minimum absolute atomic E-state index is 0.0451. The van der Waals surface area contributed by atoms with Crippen LogP contribution in [0.4, 0.5) is 0 Å². The molecule has 0 aromatic carbocycles. The Kier molecular flexibility index (Phi) is 4.63. The van der Waals surface area contributed by atoms with Gasteiger partial charge in [-0.15, -0.1) is 0 Å². The Morgan fingerprint density at radius 1 is 1.64 bits per heavy atom. The van der Waals surface area contributed by atoms with Gasteiger partial charge in [0.25, 0.3) is 10.1 Å². The van der Waals surface area contributed by atoms with Crippen molar-refractivity contribution in [3.63, 3.8) is 0 Å². The van der Waals surface area contributed by atoms with Gasteiger partial charge < -0.3 is 4.74 Å². The highest BCUT2D eigenvalue weighted by molar-refractivity contribution is 7.86. The maximum atomic E-state index is 10.1. The molecule has 0 saturated carbocycles. The predicted octanol–water partition coefficient (Wildman–Crippen LogP) is 0.388. The molecular weight excluding hydrogens is 168 g/mol. The summed E-state index contributed by atoms with van der Waals surface area (Å²) < 4.78 is 29.1. The van der Waals surface area contributed by atoms with E-state index in [1.807, 2.05) is 0 Å². The second-order valence-corrected chi connectivity index (χ2v) is 4.18. The van der Waals surface area contributed by atoms with Crippen LogP contribution >= 0.6 is 0 Å². The molecule has 0 amide bonds. The van der Waals surface area contributed by atoms with Gasteiger partial charge in [-0.1, -0.05) is 0 Å². The first kappa shape index (κ1) is 10.9. The van der Waals surface area contributed by atoms with Gasteiger partial charge >= 0.3 is 0 Å². The standard InChI is InChI=1S/C3H8O3S.C3H6O/c1-3-7(4,5)6-2;1-3-2-4-3/h3H2,1-2H3;3H,2H2,1H3. The number of hydrogen-bond acceptors (Lipinski definition) is 4. The summed E-state index contributed by atoms with van der Waals surface area (Å²) in [5, 5.41) is 0. The highest BCUT2D eigenvalue weighted by Crippen LogP contribution is 2.04. The summed E-state index contributed by atoms with van der Waals surface area (Å²) in [6, 6.07) is 0. The van der Waals surface area contributed by atoms with Gasteiger partial charge in [0.2, 0.25) is 0 Å². The Hall–Kier alpha value is -0.130. The number of rotatable bonds is 2. The summed E-state index contributed by atoms with van der Waals surface area (Å²) in [6.07, 6.45) is 0.583. The lowest BCUT2D eigenvalue weighted by Crippen LogP contribution is -2.03. The molecule has 4 nitrogen and oxygen atoms in total. The quantitative estimate of drug-likeness (QED) is 0.458. The molecule has 1 saturated heterocycles. The Balaban J connectivity index is 0.000000207. The molecule has 0 bridgehead atoms. The molecule has 1 unspecified atom stereocenters. The maximum Gasteiger partial charge on any atom is 0.266 e. The third kappa shape index (κ3) is 7.77. The van der Waals surface area contributed by atoms with Crippen LogP contribution in [0.15, 0.2) is 0 Å². The van der Waals surface area contributed by atoms with Gasteiger partial charge in [0, 0.05) is 0 Å². The average molecular weight is 182 g/mol. The van der Waals surface area contributed by atoms with Crippen LogP contribution in [0.2, 0.25) is 0 Å². The van der Waals surface area contributed by atoms with Crippen molar-refractivity contribution in [3.05, 3.63) is 0 Å². The predicted molar refractivity (Wildman–Crippen MR) is 41.9 cm³/mol. The zero-order chi connectivity index (χ0) is 8.91. The largest absolute Gasteiger partial charge is 0.373 e. The van der Waals surface area contributed by atoms with Crippen LogP contribution in [0.3, 0.4) is 0 Å². The SMILES string of the molecule is CC1CO1.CCS(=O)(=O)OC. The fraction of sp³-hybridized carbons (Fsp3) is 1.00. The van der Waals surface area contributed by atoms with E-state index < -0.39 is 10.1 Å². The second-order valence-electron chi connectivity index (χ2n) is 2.16. The highest BCUT2D eigenvalue weighted by atomic mass is 32.2. The highest BCUT2D eigenvalue weighted by Gasteiger charge is 2.13. The van der Waals surface area contributed by atoms with Crippen LogP contribution in [-0.4, -0.2) is 34.0 Å². The smallest absolute Gasteiger partial charge is 0.266 e. The average Bonchev–Trinajstić information content (AvgIpc) is 2.73. The minimum Gasteiger partial charge on any atom is -0.373 e. The molecule has 1 aliphatic rings. The van der Waals surface area contributed by atoms with E-state index in [0.29, 0.717) is 6.10 Å². The first-order valence-corrected chi connectivity index (χ1v) is 4.99. The Morgan fingerprint density at radius 3 is 2.00 bits per heavy atom. The van der Waals surface area contributed by atoms with Crippen LogP contribution in [0.25, 0.3) is 0 Å². The summed E-state index contributed by atoms with van der Waals surface area (Å²) in [6.45, 7) is 4.57. The van der Waals surface area contributed by atoms with Crippen LogP contribution < -0.4 is 0 Å². The third-order valence-electron chi connectivity index (χ3n) is 1.11. The van der Waals surface area contributed by atoms with E-state index in [4.69, 9.17) is 4.74 Å². The normalized spacial score (nSPS) is 21.9. The van der Waals surface area contributed by atoms with Gasteiger partial charge in [0.05, 0.1) is 25.6 Å². The lowest BCUT2D eigenvalue weighted by atomic mass is 10.6. The molecule has 1 fully saturated rings. The molecule has 0 N–H and O–H groups in total. The van der Waals surface area contributed by atoms with Gasteiger partial charge in [-0.2, -0.15) is 8.42 Å². The van der Waals surface area contributed by atoms with Crippen molar-refractivity contribution in [1.29, 1.82) is 0 Å². The van der Waals surface area contributed by atoms with Crippen molar-refractivity contribution in [3.8, 4) is 0 Å². The monoisotopic (exact) mass is 182 g/mol. The lowest BCUT2D eigenvalue weighted by molar-refractivity contribution is 0.399. The molecule has 0 radical (unpaired) electrons. The van der Waals surface area contributed by atoms with Crippen molar-refractivity contribution in [2.45, 2.75) is 20.0 Å². The summed E-state index contributed by atoms with van der Waals surface area (Å²) in [4.78, 5) is 0. The molecule has 1 rings (SSSR count). The van der Waals surface area contributed by atoms with E-state index >= 15 is 0 Å². The fourth-order valence-corrected chi connectivity index (χ4v) is 0.450. The van der Waals surface area contributed by atoms with Gasteiger partial charge in [-0.3, -0.25) is 4.18 Å². The molecule has 1 heterocycles. The lowest BCUT2D eigenvalue weighted by Gasteiger charge is -1.90. The van der Waals surface area contributed by atoms with Crippen molar-refractivity contribution < 1.29 is 17.3 Å².